The Kier molecular flexibility index (Phi) is 3.46. The van der Waals surface area contributed by atoms with E-state index < -0.39 is 0 Å². The number of hydrogen-bond donors (Lipinski definition) is 0. The van der Waals surface area contributed by atoms with Crippen LogP contribution in [0.2, 0.25) is 0 Å². The van der Waals surface area contributed by atoms with Gasteiger partial charge in [0, 0.05) is 23.4 Å². The van der Waals surface area contributed by atoms with Gasteiger partial charge in [-0.3, -0.25) is 9.78 Å². The molecule has 2 rings (SSSR count). The lowest BCUT2D eigenvalue weighted by Gasteiger charge is -2.16. The van der Waals surface area contributed by atoms with Gasteiger partial charge in [-0.1, -0.05) is 39.0 Å². The van der Waals surface area contributed by atoms with Crippen molar-refractivity contribution in [2.75, 3.05) is 0 Å². The second-order valence-corrected chi connectivity index (χ2v) is 5.66. The maximum atomic E-state index is 12.0. The number of aryl methyl sites for hydroxylation is 1. The molecule has 1 aromatic carbocycles. The summed E-state index contributed by atoms with van der Waals surface area (Å²) < 4.78 is 0. The van der Waals surface area contributed by atoms with E-state index in [4.69, 9.17) is 0 Å². The van der Waals surface area contributed by atoms with E-state index in [2.05, 4.69) is 17.1 Å². The highest BCUT2D eigenvalue weighted by Gasteiger charge is 2.20. The molecule has 0 amide bonds. The number of nitrogens with zero attached hydrogens (tertiary/aromatic N) is 1. The molecule has 2 aromatic rings. The van der Waals surface area contributed by atoms with Crippen LogP contribution in [0.3, 0.4) is 0 Å². The van der Waals surface area contributed by atoms with E-state index in [0.717, 1.165) is 17.3 Å². The molecule has 0 atom stereocenters. The van der Waals surface area contributed by atoms with Crippen LogP contribution in [0.15, 0.2) is 36.5 Å². The zero-order valence-corrected chi connectivity index (χ0v) is 11.2. The van der Waals surface area contributed by atoms with Crippen LogP contribution in [0.4, 0.5) is 0 Å². The van der Waals surface area contributed by atoms with Gasteiger partial charge in [0.05, 0.1) is 5.52 Å². The fraction of sp³-hybridized carbons (Fsp3) is 0.375. The molecule has 0 saturated carbocycles. The minimum absolute atomic E-state index is 0.247. The summed E-state index contributed by atoms with van der Waals surface area (Å²) in [6.45, 7) is 5.92. The molecule has 2 nitrogen and oxygen atoms in total. The Hall–Kier alpha value is -1.70. The van der Waals surface area contributed by atoms with Gasteiger partial charge in [-0.25, -0.2) is 0 Å². The number of ketones is 1. The second-order valence-electron chi connectivity index (χ2n) is 5.66. The van der Waals surface area contributed by atoms with Gasteiger partial charge >= 0.3 is 0 Å². The normalized spacial score (nSPS) is 11.7. The first-order valence-corrected chi connectivity index (χ1v) is 6.34. The van der Waals surface area contributed by atoms with E-state index in [1.807, 2.05) is 39.0 Å². The van der Waals surface area contributed by atoms with Gasteiger partial charge in [-0.15, -0.1) is 0 Å². The van der Waals surface area contributed by atoms with Crippen molar-refractivity contribution in [3.8, 4) is 0 Å². The number of hydrogen-bond acceptors (Lipinski definition) is 2. The number of carbonyl (C=O) groups excluding carboxylic acids is 1. The third-order valence-electron chi connectivity index (χ3n) is 3.19. The van der Waals surface area contributed by atoms with E-state index in [-0.39, 0.29) is 5.41 Å². The van der Waals surface area contributed by atoms with E-state index in [1.54, 1.807) is 6.20 Å². The predicted octanol–water partition coefficient (Wildman–Crippen LogP) is 3.78. The lowest BCUT2D eigenvalue weighted by molar-refractivity contribution is -0.126. The van der Waals surface area contributed by atoms with Crippen LogP contribution < -0.4 is 0 Å². The smallest absolute Gasteiger partial charge is 0.138 e. The highest BCUT2D eigenvalue weighted by molar-refractivity contribution is 5.86. The van der Waals surface area contributed by atoms with Crippen molar-refractivity contribution in [1.29, 1.82) is 0 Å². The van der Waals surface area contributed by atoms with Crippen molar-refractivity contribution in [2.45, 2.75) is 33.6 Å². The fourth-order valence-corrected chi connectivity index (χ4v) is 2.01. The molecule has 0 bridgehead atoms. The Balaban J connectivity index is 2.20. The zero-order valence-electron chi connectivity index (χ0n) is 11.2. The molecule has 0 spiro atoms. The van der Waals surface area contributed by atoms with Crippen LogP contribution in [-0.4, -0.2) is 10.8 Å². The Morgan fingerprint density at radius 3 is 2.67 bits per heavy atom. The van der Waals surface area contributed by atoms with Crippen molar-refractivity contribution < 1.29 is 4.79 Å². The molecular formula is C16H19NO. The fourth-order valence-electron chi connectivity index (χ4n) is 2.01. The SMILES string of the molecule is CC(C)(C)C(=O)CCc1cccc2ncccc12. The molecular weight excluding hydrogens is 222 g/mol. The van der Waals surface area contributed by atoms with Crippen LogP contribution in [0.25, 0.3) is 10.9 Å². The molecule has 0 unspecified atom stereocenters. The Morgan fingerprint density at radius 1 is 1.17 bits per heavy atom. The van der Waals surface area contributed by atoms with E-state index in [1.165, 1.54) is 5.56 Å². The van der Waals surface area contributed by atoms with Crippen molar-refractivity contribution in [1.82, 2.24) is 4.98 Å². The van der Waals surface area contributed by atoms with Crippen molar-refractivity contribution >= 4 is 16.7 Å². The summed E-state index contributed by atoms with van der Waals surface area (Å²) in [6, 6.07) is 10.1. The quantitative estimate of drug-likeness (QED) is 0.818. The van der Waals surface area contributed by atoms with Crippen LogP contribution in [0.1, 0.15) is 32.8 Å². The minimum Gasteiger partial charge on any atom is -0.299 e. The van der Waals surface area contributed by atoms with E-state index in [0.29, 0.717) is 12.2 Å². The average Bonchev–Trinajstić information content (AvgIpc) is 2.34. The Morgan fingerprint density at radius 2 is 1.94 bits per heavy atom. The molecule has 0 fully saturated rings. The lowest BCUT2D eigenvalue weighted by Crippen LogP contribution is -2.20. The van der Waals surface area contributed by atoms with E-state index >= 15 is 0 Å². The van der Waals surface area contributed by atoms with Gasteiger partial charge in [0.15, 0.2) is 0 Å². The van der Waals surface area contributed by atoms with Crippen molar-refractivity contribution in [3.63, 3.8) is 0 Å². The molecule has 1 aromatic heterocycles. The molecule has 0 aliphatic rings. The number of fused-ring (bicyclic) bond motifs is 1. The summed E-state index contributed by atoms with van der Waals surface area (Å²) in [7, 11) is 0. The Bertz CT molecular complexity index is 561. The summed E-state index contributed by atoms with van der Waals surface area (Å²) >= 11 is 0. The van der Waals surface area contributed by atoms with Gasteiger partial charge in [0.25, 0.3) is 0 Å². The summed E-state index contributed by atoms with van der Waals surface area (Å²) in [5.74, 6) is 0.309. The highest BCUT2D eigenvalue weighted by Crippen LogP contribution is 2.21. The summed E-state index contributed by atoms with van der Waals surface area (Å²) in [5, 5.41) is 1.15. The number of aromatic nitrogens is 1. The lowest BCUT2D eigenvalue weighted by atomic mass is 9.87. The summed E-state index contributed by atoms with van der Waals surface area (Å²) in [5.41, 5.74) is 1.96. The van der Waals surface area contributed by atoms with E-state index in [9.17, 15) is 4.79 Å². The van der Waals surface area contributed by atoms with Crippen LogP contribution in [0, 0.1) is 5.41 Å². The van der Waals surface area contributed by atoms with Crippen molar-refractivity contribution in [2.24, 2.45) is 5.41 Å². The minimum atomic E-state index is -0.247. The molecule has 0 saturated heterocycles. The predicted molar refractivity (Wildman–Crippen MR) is 74.5 cm³/mol. The molecule has 0 radical (unpaired) electrons. The highest BCUT2D eigenvalue weighted by atomic mass is 16.1. The number of pyridine rings is 1. The molecule has 18 heavy (non-hydrogen) atoms. The number of Topliss-reactive ketones (excluding diaryl/α,β-unsaturated/α-hetero) is 1. The standard InChI is InChI=1S/C16H19NO/c1-16(2,3)15(18)10-9-12-6-4-8-14-13(12)7-5-11-17-14/h4-8,11H,9-10H2,1-3H3. The van der Waals surface area contributed by atoms with Gasteiger partial charge in [-0.2, -0.15) is 0 Å². The van der Waals surface area contributed by atoms with Crippen LogP contribution in [0.5, 0.6) is 0 Å². The number of benzene rings is 1. The van der Waals surface area contributed by atoms with Gasteiger partial charge in [0.2, 0.25) is 0 Å². The monoisotopic (exact) mass is 241 g/mol. The topological polar surface area (TPSA) is 30.0 Å². The maximum absolute atomic E-state index is 12.0. The van der Waals surface area contributed by atoms with Crippen molar-refractivity contribution in [3.05, 3.63) is 42.1 Å². The molecule has 94 valence electrons. The van der Waals surface area contributed by atoms with Crippen LogP contribution >= 0.6 is 0 Å². The summed E-state index contributed by atoms with van der Waals surface area (Å²) in [4.78, 5) is 16.3. The van der Waals surface area contributed by atoms with Crippen LogP contribution in [-0.2, 0) is 11.2 Å². The van der Waals surface area contributed by atoms with Gasteiger partial charge < -0.3 is 0 Å². The average molecular weight is 241 g/mol. The third-order valence-corrected chi connectivity index (χ3v) is 3.19. The molecule has 2 heteroatoms. The first-order valence-electron chi connectivity index (χ1n) is 6.34. The van der Waals surface area contributed by atoms with Gasteiger partial charge in [0.1, 0.15) is 5.78 Å². The second kappa shape index (κ2) is 4.89. The van der Waals surface area contributed by atoms with Gasteiger partial charge in [-0.05, 0) is 24.1 Å². The Labute approximate surface area is 108 Å². The zero-order chi connectivity index (χ0) is 13.2. The summed E-state index contributed by atoms with van der Waals surface area (Å²) in [6.07, 6.45) is 3.18. The number of carbonyl (C=O) groups is 1. The first kappa shape index (κ1) is 12.7. The first-order chi connectivity index (χ1) is 8.48. The molecule has 0 aliphatic heterocycles. The maximum Gasteiger partial charge on any atom is 0.138 e. The largest absolute Gasteiger partial charge is 0.299 e. The number of rotatable bonds is 3. The molecule has 1 heterocycles. The molecule has 0 N–H and O–H groups in total. The third kappa shape index (κ3) is 2.76. The molecule has 0 aliphatic carbocycles.